The number of nitrogens with zero attached hydrogens (tertiary/aromatic N) is 1. The van der Waals surface area contributed by atoms with Crippen molar-refractivity contribution in [2.75, 3.05) is 13.2 Å². The molecule has 1 aromatic carbocycles. The lowest BCUT2D eigenvalue weighted by Gasteiger charge is -2.27. The Kier molecular flexibility index (Phi) is 13.1. The number of hydrogen-bond acceptors (Lipinski definition) is 8. The molecular formula is C24H34N2O10. The van der Waals surface area contributed by atoms with Crippen LogP contribution >= 0.6 is 0 Å². The summed E-state index contributed by atoms with van der Waals surface area (Å²) in [5.41, 5.74) is 1.10. The topological polar surface area (TPSA) is 191 Å². The summed E-state index contributed by atoms with van der Waals surface area (Å²) in [5, 5.41) is 36.5. The SMILES string of the molecule is CCOC(=O)[C@H](CCc1ccccc1)N[C@@H](C)C(=O)N1CCC[C@H]1C(=O)O.O=C(O)CC(O)C(=O)O. The van der Waals surface area contributed by atoms with Crippen LogP contribution in [0.4, 0.5) is 0 Å². The Bertz CT molecular complexity index is 892. The predicted molar refractivity (Wildman–Crippen MR) is 126 cm³/mol. The Morgan fingerprint density at radius 2 is 1.75 bits per heavy atom. The van der Waals surface area contributed by atoms with E-state index in [2.05, 4.69) is 5.32 Å². The van der Waals surface area contributed by atoms with Gasteiger partial charge in [0.25, 0.3) is 0 Å². The summed E-state index contributed by atoms with van der Waals surface area (Å²) < 4.78 is 5.14. The molecule has 0 bridgehead atoms. The molecule has 1 amide bonds. The van der Waals surface area contributed by atoms with Crippen molar-refractivity contribution in [3.8, 4) is 0 Å². The maximum Gasteiger partial charge on any atom is 0.333 e. The fraction of sp³-hybridized carbons (Fsp3) is 0.542. The lowest BCUT2D eigenvalue weighted by atomic mass is 10.0. The van der Waals surface area contributed by atoms with Gasteiger partial charge in [0.15, 0.2) is 6.10 Å². The minimum Gasteiger partial charge on any atom is -0.481 e. The summed E-state index contributed by atoms with van der Waals surface area (Å²) in [4.78, 5) is 57.1. The monoisotopic (exact) mass is 510 g/mol. The highest BCUT2D eigenvalue weighted by molar-refractivity contribution is 5.88. The molecule has 0 spiro atoms. The molecule has 1 aliphatic rings. The first-order valence-corrected chi connectivity index (χ1v) is 11.6. The number of carboxylic acid groups (broad SMARTS) is 3. The van der Waals surface area contributed by atoms with E-state index in [4.69, 9.17) is 20.1 Å². The first-order valence-electron chi connectivity index (χ1n) is 11.6. The number of aliphatic hydroxyl groups is 1. The van der Waals surface area contributed by atoms with Crippen LogP contribution in [0.1, 0.15) is 45.1 Å². The number of esters is 1. The fourth-order valence-corrected chi connectivity index (χ4v) is 3.63. The van der Waals surface area contributed by atoms with E-state index in [9.17, 15) is 29.1 Å². The number of carbonyl (C=O) groups is 5. The van der Waals surface area contributed by atoms with Crippen LogP contribution < -0.4 is 5.32 Å². The van der Waals surface area contributed by atoms with Crippen LogP contribution in [0.3, 0.4) is 0 Å². The van der Waals surface area contributed by atoms with E-state index in [1.165, 1.54) is 4.90 Å². The third kappa shape index (κ3) is 10.4. The summed E-state index contributed by atoms with van der Waals surface area (Å²) in [6.07, 6.45) is -0.256. The molecule has 0 radical (unpaired) electrons. The maximum absolute atomic E-state index is 12.7. The number of rotatable bonds is 12. The largest absolute Gasteiger partial charge is 0.481 e. The number of nitrogens with one attached hydrogen (secondary N) is 1. The van der Waals surface area contributed by atoms with Crippen molar-refractivity contribution in [3.63, 3.8) is 0 Å². The van der Waals surface area contributed by atoms with Gasteiger partial charge in [0.05, 0.1) is 19.1 Å². The van der Waals surface area contributed by atoms with E-state index in [0.29, 0.717) is 32.2 Å². The van der Waals surface area contributed by atoms with E-state index >= 15 is 0 Å². The molecule has 12 nitrogen and oxygen atoms in total. The molecule has 200 valence electrons. The van der Waals surface area contributed by atoms with Crippen LogP contribution in [0.15, 0.2) is 30.3 Å². The smallest absolute Gasteiger partial charge is 0.333 e. The van der Waals surface area contributed by atoms with Gasteiger partial charge in [0.2, 0.25) is 5.91 Å². The zero-order chi connectivity index (χ0) is 27.3. The Balaban J connectivity index is 0.000000613. The first-order chi connectivity index (χ1) is 17.0. The number of carbonyl (C=O) groups excluding carboxylic acids is 2. The lowest BCUT2D eigenvalue weighted by molar-refractivity contribution is -0.152. The second-order valence-corrected chi connectivity index (χ2v) is 8.20. The number of likely N-dealkylation sites (tertiary alicyclic amines) is 1. The van der Waals surface area contributed by atoms with E-state index in [-0.39, 0.29) is 12.5 Å². The van der Waals surface area contributed by atoms with Gasteiger partial charge in [-0.2, -0.15) is 0 Å². The fourth-order valence-electron chi connectivity index (χ4n) is 3.63. The molecule has 1 fully saturated rings. The molecule has 12 heteroatoms. The van der Waals surface area contributed by atoms with Crippen molar-refractivity contribution in [2.45, 2.75) is 70.2 Å². The number of carboxylic acids is 3. The van der Waals surface area contributed by atoms with Crippen LogP contribution in [0.5, 0.6) is 0 Å². The molecule has 0 aliphatic carbocycles. The average molecular weight is 511 g/mol. The van der Waals surface area contributed by atoms with Crippen molar-refractivity contribution in [1.29, 1.82) is 0 Å². The Morgan fingerprint density at radius 3 is 2.25 bits per heavy atom. The Hall–Kier alpha value is -3.51. The molecule has 36 heavy (non-hydrogen) atoms. The lowest BCUT2D eigenvalue weighted by Crippen LogP contribution is -2.53. The van der Waals surface area contributed by atoms with Gasteiger partial charge in [-0.25, -0.2) is 9.59 Å². The van der Waals surface area contributed by atoms with E-state index < -0.39 is 54.5 Å². The summed E-state index contributed by atoms with van der Waals surface area (Å²) in [5.74, 6) is -4.53. The molecule has 1 aromatic rings. The van der Waals surface area contributed by atoms with Gasteiger partial charge in [-0.1, -0.05) is 30.3 Å². The molecule has 1 heterocycles. The van der Waals surface area contributed by atoms with Crippen molar-refractivity contribution < 1.29 is 49.1 Å². The highest BCUT2D eigenvalue weighted by Crippen LogP contribution is 2.19. The highest BCUT2D eigenvalue weighted by Gasteiger charge is 2.37. The molecule has 2 rings (SSSR count). The zero-order valence-electron chi connectivity index (χ0n) is 20.3. The number of aliphatic hydroxyl groups excluding tert-OH is 1. The number of aliphatic carboxylic acids is 3. The van der Waals surface area contributed by atoms with E-state index in [0.717, 1.165) is 5.56 Å². The standard InChI is InChI=1S/C20H28N2O5.C4H6O5/c1-3-27-20(26)16(12-11-15-8-5-4-6-9-15)21-14(2)18(23)22-13-7-10-17(22)19(24)25;5-2(4(8)9)1-3(6)7/h4-6,8-9,14,16-17,21H,3,7,10-13H2,1-2H3,(H,24,25);2,5H,1H2,(H,6,7)(H,8,9)/t14-,16-,17-;/m0./s1. The minimum atomic E-state index is -1.79. The molecule has 1 saturated heterocycles. The van der Waals surface area contributed by atoms with Gasteiger partial charge < -0.3 is 30.1 Å². The highest BCUT2D eigenvalue weighted by atomic mass is 16.5. The Labute approximate surface area is 208 Å². The van der Waals surface area contributed by atoms with Crippen molar-refractivity contribution in [3.05, 3.63) is 35.9 Å². The van der Waals surface area contributed by atoms with Gasteiger partial charge >= 0.3 is 23.9 Å². The van der Waals surface area contributed by atoms with Gasteiger partial charge in [-0.05, 0) is 45.1 Å². The number of hydrogen-bond donors (Lipinski definition) is 5. The van der Waals surface area contributed by atoms with Crippen molar-refractivity contribution in [1.82, 2.24) is 10.2 Å². The molecular weight excluding hydrogens is 476 g/mol. The summed E-state index contributed by atoms with van der Waals surface area (Å²) in [6, 6.07) is 7.69. The van der Waals surface area contributed by atoms with Gasteiger partial charge in [0, 0.05) is 6.54 Å². The van der Waals surface area contributed by atoms with Crippen LogP contribution in [-0.4, -0.2) is 92.5 Å². The maximum atomic E-state index is 12.7. The van der Waals surface area contributed by atoms with Gasteiger partial charge in [0.1, 0.15) is 12.1 Å². The van der Waals surface area contributed by atoms with Gasteiger partial charge in [-0.15, -0.1) is 0 Å². The minimum absolute atomic E-state index is 0.262. The van der Waals surface area contributed by atoms with Crippen LogP contribution in [0.25, 0.3) is 0 Å². The molecule has 5 N–H and O–H groups in total. The average Bonchev–Trinajstić information content (AvgIpc) is 3.32. The second-order valence-electron chi connectivity index (χ2n) is 8.20. The number of ether oxygens (including phenoxy) is 1. The zero-order valence-corrected chi connectivity index (χ0v) is 20.3. The predicted octanol–water partition coefficient (Wildman–Crippen LogP) is 0.511. The summed E-state index contributed by atoms with van der Waals surface area (Å²) in [6.45, 7) is 4.09. The molecule has 1 aliphatic heterocycles. The van der Waals surface area contributed by atoms with Crippen molar-refractivity contribution in [2.24, 2.45) is 0 Å². The summed E-state index contributed by atoms with van der Waals surface area (Å²) in [7, 11) is 0. The molecule has 0 aromatic heterocycles. The van der Waals surface area contributed by atoms with Crippen LogP contribution in [0, 0.1) is 0 Å². The second kappa shape index (κ2) is 15.5. The third-order valence-electron chi connectivity index (χ3n) is 5.43. The first kappa shape index (κ1) is 30.5. The van der Waals surface area contributed by atoms with E-state index in [1.807, 2.05) is 30.3 Å². The number of benzene rings is 1. The van der Waals surface area contributed by atoms with Crippen LogP contribution in [0.2, 0.25) is 0 Å². The quantitative estimate of drug-likeness (QED) is 0.246. The number of amides is 1. The number of aryl methyl sites for hydroxylation is 1. The molecule has 1 unspecified atom stereocenters. The summed E-state index contributed by atoms with van der Waals surface area (Å²) >= 11 is 0. The van der Waals surface area contributed by atoms with E-state index in [1.54, 1.807) is 13.8 Å². The molecule has 4 atom stereocenters. The third-order valence-corrected chi connectivity index (χ3v) is 5.43. The van der Waals surface area contributed by atoms with Crippen molar-refractivity contribution >= 4 is 29.8 Å². The normalized spacial score (nSPS) is 17.2. The van der Waals surface area contributed by atoms with Gasteiger partial charge in [-0.3, -0.25) is 19.7 Å². The van der Waals surface area contributed by atoms with Crippen LogP contribution in [-0.2, 0) is 35.1 Å². The molecule has 0 saturated carbocycles. The Morgan fingerprint density at radius 1 is 1.11 bits per heavy atom.